The number of methoxy groups -OCH3 is 1. The van der Waals surface area contributed by atoms with E-state index >= 15 is 0 Å². The number of phenolic OH excluding ortho intramolecular Hbond substituents is 1. The first-order chi connectivity index (χ1) is 16.9. The number of amides is 3. The summed E-state index contributed by atoms with van der Waals surface area (Å²) in [6.07, 6.45) is 3.76. The minimum absolute atomic E-state index is 0.174. The van der Waals surface area contributed by atoms with Gasteiger partial charge in [-0.1, -0.05) is 50.8 Å². The highest BCUT2D eigenvalue weighted by Crippen LogP contribution is 2.30. The zero-order valence-electron chi connectivity index (χ0n) is 22.3. The summed E-state index contributed by atoms with van der Waals surface area (Å²) in [5.41, 5.74) is -0.552. The second-order valence-corrected chi connectivity index (χ2v) is 9.57. The molecular formula is C26H41N3O7. The Morgan fingerprint density at radius 1 is 1.06 bits per heavy atom. The molecule has 0 fully saturated rings. The fraction of sp³-hybridized carbons (Fsp3) is 0.615. The van der Waals surface area contributed by atoms with Crippen LogP contribution in [0, 0.1) is 0 Å². The minimum Gasteiger partial charge on any atom is -0.508 e. The molecule has 0 aliphatic heterocycles. The van der Waals surface area contributed by atoms with Crippen LogP contribution in [0.5, 0.6) is 5.75 Å². The van der Waals surface area contributed by atoms with Crippen LogP contribution < -0.4 is 10.6 Å². The van der Waals surface area contributed by atoms with Crippen LogP contribution in [0.15, 0.2) is 24.3 Å². The molecule has 2 atom stereocenters. The maximum Gasteiger partial charge on any atom is 0.408 e. The van der Waals surface area contributed by atoms with Crippen molar-refractivity contribution in [1.29, 1.82) is 0 Å². The lowest BCUT2D eigenvalue weighted by Crippen LogP contribution is -2.52. The predicted molar refractivity (Wildman–Crippen MR) is 135 cm³/mol. The van der Waals surface area contributed by atoms with Gasteiger partial charge >= 0.3 is 12.1 Å². The van der Waals surface area contributed by atoms with Crippen molar-refractivity contribution in [1.82, 2.24) is 15.5 Å². The van der Waals surface area contributed by atoms with Crippen LogP contribution in [-0.2, 0) is 23.9 Å². The number of unbranched alkanes of at least 4 members (excludes halogenated alkanes) is 4. The number of esters is 1. The first-order valence-electron chi connectivity index (χ1n) is 12.3. The average molecular weight is 508 g/mol. The number of nitrogens with one attached hydrogen (secondary N) is 2. The van der Waals surface area contributed by atoms with Crippen molar-refractivity contribution in [3.63, 3.8) is 0 Å². The Hall–Kier alpha value is -3.30. The van der Waals surface area contributed by atoms with E-state index in [1.165, 1.54) is 25.0 Å². The van der Waals surface area contributed by atoms with E-state index in [1.807, 2.05) is 0 Å². The fourth-order valence-corrected chi connectivity index (χ4v) is 3.54. The molecule has 0 aliphatic rings. The SMILES string of the molecule is CCCCCCCN(C(=O)C(C)NC(=O)OC(C)(C)C)C(C(=O)NCC(=O)OC)c1ccccc1O. The number of benzene rings is 1. The number of ether oxygens (including phenoxy) is 2. The van der Waals surface area contributed by atoms with Crippen molar-refractivity contribution in [2.45, 2.75) is 84.4 Å². The van der Waals surface area contributed by atoms with Crippen molar-refractivity contribution in [3.8, 4) is 5.75 Å². The molecule has 3 amide bonds. The Balaban J connectivity index is 3.29. The van der Waals surface area contributed by atoms with Gasteiger partial charge in [-0.3, -0.25) is 14.4 Å². The molecular weight excluding hydrogens is 466 g/mol. The van der Waals surface area contributed by atoms with Gasteiger partial charge in [-0.05, 0) is 40.2 Å². The summed E-state index contributed by atoms with van der Waals surface area (Å²) in [7, 11) is 1.20. The van der Waals surface area contributed by atoms with Gasteiger partial charge in [0.25, 0.3) is 0 Å². The van der Waals surface area contributed by atoms with E-state index in [9.17, 15) is 24.3 Å². The molecule has 202 valence electrons. The number of hydrogen-bond acceptors (Lipinski definition) is 7. The second kappa shape index (κ2) is 15.0. The van der Waals surface area contributed by atoms with Gasteiger partial charge in [0.1, 0.15) is 30.0 Å². The van der Waals surface area contributed by atoms with Gasteiger partial charge in [0.15, 0.2) is 0 Å². The van der Waals surface area contributed by atoms with E-state index in [1.54, 1.807) is 39.0 Å². The van der Waals surface area contributed by atoms with Gasteiger partial charge in [0, 0.05) is 12.1 Å². The number of alkyl carbamates (subject to hydrolysis) is 1. The fourth-order valence-electron chi connectivity index (χ4n) is 3.54. The normalized spacial score (nSPS) is 12.7. The van der Waals surface area contributed by atoms with Crippen molar-refractivity contribution in [2.24, 2.45) is 0 Å². The van der Waals surface area contributed by atoms with Crippen LogP contribution in [0.3, 0.4) is 0 Å². The summed E-state index contributed by atoms with van der Waals surface area (Å²) in [6, 6.07) is 3.95. The van der Waals surface area contributed by atoms with Gasteiger partial charge in [0.05, 0.1) is 7.11 Å². The molecule has 0 saturated carbocycles. The highest BCUT2D eigenvalue weighted by Gasteiger charge is 2.36. The zero-order valence-corrected chi connectivity index (χ0v) is 22.3. The van der Waals surface area contributed by atoms with Crippen molar-refractivity contribution in [3.05, 3.63) is 29.8 Å². The first kappa shape index (κ1) is 30.7. The number of phenols is 1. The number of carbonyl (C=O) groups is 4. The number of rotatable bonds is 13. The lowest BCUT2D eigenvalue weighted by Gasteiger charge is -2.34. The molecule has 10 heteroatoms. The Bertz CT molecular complexity index is 883. The van der Waals surface area contributed by atoms with Gasteiger partial charge in [0.2, 0.25) is 11.8 Å². The molecule has 0 radical (unpaired) electrons. The van der Waals surface area contributed by atoms with E-state index < -0.39 is 48.1 Å². The monoisotopic (exact) mass is 507 g/mol. The summed E-state index contributed by atoms with van der Waals surface area (Å²) in [5, 5.41) is 15.5. The molecule has 10 nitrogen and oxygen atoms in total. The molecule has 0 aliphatic carbocycles. The molecule has 0 bridgehead atoms. The molecule has 3 N–H and O–H groups in total. The van der Waals surface area contributed by atoms with E-state index in [0.29, 0.717) is 6.42 Å². The molecule has 1 aromatic carbocycles. The Labute approximate surface area is 213 Å². The zero-order chi connectivity index (χ0) is 27.3. The quantitative estimate of drug-likeness (QED) is 0.275. The maximum absolute atomic E-state index is 13.6. The maximum atomic E-state index is 13.6. The number of carbonyl (C=O) groups excluding carboxylic acids is 4. The summed E-state index contributed by atoms with van der Waals surface area (Å²) in [6.45, 7) is 8.53. The summed E-state index contributed by atoms with van der Waals surface area (Å²) in [4.78, 5) is 52.1. The Morgan fingerprint density at radius 2 is 1.69 bits per heavy atom. The van der Waals surface area contributed by atoms with Crippen LogP contribution in [0.1, 0.15) is 78.3 Å². The van der Waals surface area contributed by atoms with E-state index in [0.717, 1.165) is 25.7 Å². The van der Waals surface area contributed by atoms with Crippen LogP contribution in [-0.4, -0.2) is 65.7 Å². The molecule has 2 unspecified atom stereocenters. The summed E-state index contributed by atoms with van der Waals surface area (Å²) >= 11 is 0. The van der Waals surface area contributed by atoms with E-state index in [2.05, 4.69) is 22.3 Å². The van der Waals surface area contributed by atoms with Gasteiger partial charge in [-0.25, -0.2) is 4.79 Å². The highest BCUT2D eigenvalue weighted by molar-refractivity contribution is 5.93. The smallest absolute Gasteiger partial charge is 0.408 e. The topological polar surface area (TPSA) is 134 Å². The summed E-state index contributed by atoms with van der Waals surface area (Å²) < 4.78 is 9.86. The molecule has 1 rings (SSSR count). The van der Waals surface area contributed by atoms with E-state index in [-0.39, 0.29) is 17.9 Å². The van der Waals surface area contributed by atoms with Crippen LogP contribution in [0.4, 0.5) is 4.79 Å². The van der Waals surface area contributed by atoms with E-state index in [4.69, 9.17) is 4.74 Å². The van der Waals surface area contributed by atoms with Crippen molar-refractivity contribution in [2.75, 3.05) is 20.2 Å². The molecule has 1 aromatic rings. The number of aromatic hydroxyl groups is 1. The van der Waals surface area contributed by atoms with Crippen molar-refractivity contribution < 1.29 is 33.8 Å². The first-order valence-corrected chi connectivity index (χ1v) is 12.3. The largest absolute Gasteiger partial charge is 0.508 e. The standard InChI is InChI=1S/C26H41N3O7/c1-7-8-9-10-13-16-29(24(33)18(2)28-25(34)36-26(3,4)5)22(19-14-11-12-15-20(19)30)23(32)27-17-21(31)35-6/h11-12,14-15,18,22,30H,7-10,13,16-17H2,1-6H3,(H,27,32)(H,28,34). The third-order valence-corrected chi connectivity index (χ3v) is 5.32. The van der Waals surface area contributed by atoms with Gasteiger partial charge < -0.3 is 30.1 Å². The molecule has 0 spiro atoms. The predicted octanol–water partition coefficient (Wildman–Crippen LogP) is 3.43. The molecule has 0 aromatic heterocycles. The average Bonchev–Trinajstić information content (AvgIpc) is 2.80. The Kier molecular flexibility index (Phi) is 12.8. The van der Waals surface area contributed by atoms with Crippen molar-refractivity contribution >= 4 is 23.9 Å². The minimum atomic E-state index is -1.24. The summed E-state index contributed by atoms with van der Waals surface area (Å²) in [5.74, 6) is -2.02. The third-order valence-electron chi connectivity index (χ3n) is 5.32. The van der Waals surface area contributed by atoms with Crippen LogP contribution in [0.25, 0.3) is 0 Å². The van der Waals surface area contributed by atoms with Gasteiger partial charge in [-0.15, -0.1) is 0 Å². The van der Waals surface area contributed by atoms with Gasteiger partial charge in [-0.2, -0.15) is 0 Å². The lowest BCUT2D eigenvalue weighted by atomic mass is 10.0. The second-order valence-electron chi connectivity index (χ2n) is 9.57. The lowest BCUT2D eigenvalue weighted by molar-refractivity contribution is -0.144. The third kappa shape index (κ3) is 10.5. The molecule has 0 saturated heterocycles. The van der Waals surface area contributed by atoms with Crippen LogP contribution >= 0.6 is 0 Å². The number of nitrogens with zero attached hydrogens (tertiary/aromatic N) is 1. The molecule has 0 heterocycles. The number of hydrogen-bond donors (Lipinski definition) is 3. The highest BCUT2D eigenvalue weighted by atomic mass is 16.6. The number of para-hydroxylation sites is 1. The molecule has 36 heavy (non-hydrogen) atoms. The Morgan fingerprint density at radius 3 is 2.28 bits per heavy atom. The van der Waals surface area contributed by atoms with Crippen LogP contribution in [0.2, 0.25) is 0 Å².